The van der Waals surface area contributed by atoms with Crippen molar-refractivity contribution in [2.24, 2.45) is 23.7 Å². The van der Waals surface area contributed by atoms with Crippen molar-refractivity contribution >= 4 is 0 Å². The molecule has 0 radical (unpaired) electrons. The molecule has 0 bridgehead atoms. The zero-order valence-electron chi connectivity index (χ0n) is 27.5. The van der Waals surface area contributed by atoms with Crippen LogP contribution in [0.4, 0.5) is 8.78 Å². The zero-order valence-corrected chi connectivity index (χ0v) is 27.5. The summed E-state index contributed by atoms with van der Waals surface area (Å²) in [7, 11) is 0. The molecule has 0 aliphatic heterocycles. The van der Waals surface area contributed by atoms with Gasteiger partial charge in [-0.15, -0.1) is 0 Å². The molecule has 6 rings (SSSR count). The third-order valence-corrected chi connectivity index (χ3v) is 12.3. The monoisotopic (exact) mass is 596 g/mol. The van der Waals surface area contributed by atoms with Crippen molar-refractivity contribution in [3.63, 3.8) is 0 Å². The molecule has 3 saturated carbocycles. The average Bonchev–Trinajstić information content (AvgIpc) is 3.08. The first-order valence-corrected chi connectivity index (χ1v) is 18.1. The van der Waals surface area contributed by atoms with Crippen LogP contribution in [-0.2, 0) is 18.3 Å². The summed E-state index contributed by atoms with van der Waals surface area (Å²) in [5.41, 5.74) is 5.16. The fourth-order valence-electron chi connectivity index (χ4n) is 9.55. The fraction of sp³-hybridized carbons (Fsp3) is 0.571. The van der Waals surface area contributed by atoms with Crippen molar-refractivity contribution in [2.75, 3.05) is 0 Å². The van der Waals surface area contributed by atoms with Gasteiger partial charge in [-0.1, -0.05) is 114 Å². The molecule has 236 valence electrons. The second-order valence-corrected chi connectivity index (χ2v) is 14.7. The largest absolute Gasteiger partial charge is 0.203 e. The summed E-state index contributed by atoms with van der Waals surface area (Å²) < 4.78 is 33.5. The maximum absolute atomic E-state index is 17.0. The molecular weight excluding hydrogens is 542 g/mol. The van der Waals surface area contributed by atoms with Crippen LogP contribution in [0.3, 0.4) is 0 Å². The van der Waals surface area contributed by atoms with Crippen LogP contribution in [0.2, 0.25) is 0 Å². The molecule has 0 unspecified atom stereocenters. The van der Waals surface area contributed by atoms with E-state index in [1.807, 2.05) is 12.1 Å². The van der Waals surface area contributed by atoms with Crippen LogP contribution in [0.25, 0.3) is 0 Å². The summed E-state index contributed by atoms with van der Waals surface area (Å²) in [6.07, 6.45) is 17.2. The quantitative estimate of drug-likeness (QED) is 0.227. The van der Waals surface area contributed by atoms with E-state index in [-0.39, 0.29) is 11.8 Å². The SMILES string of the molecule is CCc1ccc(C(c2ccc(CC)cc2)(c2ccc(C3CCC(C4CCC(C)CC4)CC3)c(F)c2F)C2CCCCC2)cc1. The first-order chi connectivity index (χ1) is 21.4. The Morgan fingerprint density at radius 1 is 0.568 bits per heavy atom. The molecule has 0 N–H and O–H groups in total. The fourth-order valence-corrected chi connectivity index (χ4v) is 9.55. The van der Waals surface area contributed by atoms with E-state index >= 15 is 8.78 Å². The van der Waals surface area contributed by atoms with E-state index in [1.54, 1.807) is 0 Å². The average molecular weight is 597 g/mol. The normalized spacial score (nSPS) is 25.2. The van der Waals surface area contributed by atoms with Crippen molar-refractivity contribution in [1.29, 1.82) is 0 Å². The van der Waals surface area contributed by atoms with Crippen LogP contribution in [0, 0.1) is 35.3 Å². The molecule has 3 aliphatic rings. The number of hydrogen-bond acceptors (Lipinski definition) is 0. The summed E-state index contributed by atoms with van der Waals surface area (Å²) in [5.74, 6) is 1.60. The highest BCUT2D eigenvalue weighted by molar-refractivity contribution is 5.54. The molecule has 0 heterocycles. The lowest BCUT2D eigenvalue weighted by Crippen LogP contribution is -2.40. The van der Waals surface area contributed by atoms with Gasteiger partial charge in [0.25, 0.3) is 0 Å². The van der Waals surface area contributed by atoms with Gasteiger partial charge in [0.15, 0.2) is 11.6 Å². The first kappa shape index (κ1) is 31.5. The number of halogens is 2. The van der Waals surface area contributed by atoms with Gasteiger partial charge in [-0.3, -0.25) is 0 Å². The molecule has 2 heteroatoms. The van der Waals surface area contributed by atoms with Crippen molar-refractivity contribution < 1.29 is 8.78 Å². The smallest absolute Gasteiger partial charge is 0.163 e. The van der Waals surface area contributed by atoms with Gasteiger partial charge in [0.05, 0.1) is 5.41 Å². The van der Waals surface area contributed by atoms with Gasteiger partial charge in [0.1, 0.15) is 0 Å². The molecule has 3 aromatic rings. The Balaban J connectivity index is 1.40. The van der Waals surface area contributed by atoms with Gasteiger partial charge in [-0.05, 0) is 122 Å². The lowest BCUT2D eigenvalue weighted by atomic mass is 9.58. The maximum atomic E-state index is 17.0. The van der Waals surface area contributed by atoms with E-state index in [9.17, 15) is 0 Å². The van der Waals surface area contributed by atoms with Crippen molar-refractivity contribution in [2.45, 2.75) is 128 Å². The Morgan fingerprint density at radius 3 is 1.57 bits per heavy atom. The Labute approximate surface area is 266 Å². The molecule has 0 amide bonds. The molecule has 0 atom stereocenters. The van der Waals surface area contributed by atoms with Crippen LogP contribution in [-0.4, -0.2) is 0 Å². The van der Waals surface area contributed by atoms with Gasteiger partial charge < -0.3 is 0 Å². The van der Waals surface area contributed by atoms with Crippen LogP contribution < -0.4 is 0 Å². The van der Waals surface area contributed by atoms with Crippen molar-refractivity contribution in [1.82, 2.24) is 0 Å². The third-order valence-electron chi connectivity index (χ3n) is 12.3. The van der Waals surface area contributed by atoms with E-state index in [2.05, 4.69) is 69.3 Å². The van der Waals surface area contributed by atoms with Gasteiger partial charge in [0, 0.05) is 5.56 Å². The summed E-state index contributed by atoms with van der Waals surface area (Å²) in [5, 5.41) is 0. The third kappa shape index (κ3) is 6.04. The molecule has 3 aliphatic carbocycles. The molecule has 3 aromatic carbocycles. The summed E-state index contributed by atoms with van der Waals surface area (Å²) in [6.45, 7) is 6.73. The summed E-state index contributed by atoms with van der Waals surface area (Å²) >= 11 is 0. The molecular formula is C42H54F2. The van der Waals surface area contributed by atoms with Crippen LogP contribution in [0.15, 0.2) is 60.7 Å². The minimum Gasteiger partial charge on any atom is -0.203 e. The van der Waals surface area contributed by atoms with E-state index in [4.69, 9.17) is 0 Å². The lowest BCUT2D eigenvalue weighted by molar-refractivity contribution is 0.164. The summed E-state index contributed by atoms with van der Waals surface area (Å²) in [4.78, 5) is 0. The van der Waals surface area contributed by atoms with E-state index in [0.29, 0.717) is 11.1 Å². The van der Waals surface area contributed by atoms with E-state index < -0.39 is 17.0 Å². The zero-order chi connectivity index (χ0) is 30.7. The molecule has 44 heavy (non-hydrogen) atoms. The highest BCUT2D eigenvalue weighted by Gasteiger charge is 2.46. The first-order valence-electron chi connectivity index (χ1n) is 18.1. The topological polar surface area (TPSA) is 0 Å². The number of rotatable bonds is 8. The number of aryl methyl sites for hydroxylation is 2. The van der Waals surface area contributed by atoms with Crippen LogP contribution in [0.1, 0.15) is 144 Å². The van der Waals surface area contributed by atoms with Crippen molar-refractivity contribution in [3.8, 4) is 0 Å². The highest BCUT2D eigenvalue weighted by atomic mass is 19.2. The minimum absolute atomic E-state index is 0.120. The van der Waals surface area contributed by atoms with Crippen LogP contribution >= 0.6 is 0 Å². The Hall–Kier alpha value is -2.48. The van der Waals surface area contributed by atoms with Gasteiger partial charge in [0.2, 0.25) is 0 Å². The Kier molecular flexibility index (Phi) is 9.94. The summed E-state index contributed by atoms with van der Waals surface area (Å²) in [6, 6.07) is 21.6. The van der Waals surface area contributed by atoms with E-state index in [0.717, 1.165) is 93.1 Å². The van der Waals surface area contributed by atoms with Gasteiger partial charge >= 0.3 is 0 Å². The number of benzene rings is 3. The van der Waals surface area contributed by atoms with Gasteiger partial charge in [-0.2, -0.15) is 0 Å². The van der Waals surface area contributed by atoms with E-state index in [1.165, 1.54) is 43.2 Å². The molecule has 0 spiro atoms. The Bertz CT molecular complexity index is 1300. The lowest BCUT2D eigenvalue weighted by Gasteiger charge is -2.45. The molecule has 0 saturated heterocycles. The van der Waals surface area contributed by atoms with Crippen molar-refractivity contribution in [3.05, 3.63) is 106 Å². The standard InChI is InChI=1S/C42H54F2/c1-4-30-13-23-36(24-14-30)42(35-9-7-6-8-10-35,37-25-15-31(5-2)16-26-37)39-28-27-38(40(43)41(39)44)34-21-19-33(20-22-34)32-17-11-29(3)12-18-32/h13-16,23-29,32-35H,4-12,17-22H2,1-3H3. The second kappa shape index (κ2) is 13.9. The Morgan fingerprint density at radius 2 is 1.07 bits per heavy atom. The minimum atomic E-state index is -0.724. The number of hydrogen-bond donors (Lipinski definition) is 0. The molecule has 0 aromatic heterocycles. The second-order valence-electron chi connectivity index (χ2n) is 14.7. The highest BCUT2D eigenvalue weighted by Crippen LogP contribution is 2.52. The molecule has 3 fully saturated rings. The van der Waals surface area contributed by atoms with Crippen LogP contribution in [0.5, 0.6) is 0 Å². The maximum Gasteiger partial charge on any atom is 0.163 e. The predicted molar refractivity (Wildman–Crippen MR) is 180 cm³/mol. The molecule has 0 nitrogen and oxygen atoms in total. The van der Waals surface area contributed by atoms with Gasteiger partial charge in [-0.25, -0.2) is 8.78 Å². The predicted octanol–water partition coefficient (Wildman–Crippen LogP) is 12.1.